The number of ether oxygens (including phenoxy) is 1. The Hall–Kier alpha value is -4.45. The number of aryl methyl sites for hydroxylation is 1. The van der Waals surface area contributed by atoms with Crippen molar-refractivity contribution in [3.05, 3.63) is 83.2 Å². The fourth-order valence-electron chi connectivity index (χ4n) is 5.01. The fourth-order valence-corrected chi connectivity index (χ4v) is 5.61. The number of halogens is 2. The minimum atomic E-state index is -3.50. The molecule has 0 bridgehead atoms. The summed E-state index contributed by atoms with van der Waals surface area (Å²) in [5.41, 5.74) is 3.35. The Labute approximate surface area is 235 Å². The van der Waals surface area contributed by atoms with E-state index in [4.69, 9.17) is 19.8 Å². The first kappa shape index (κ1) is 26.8. The van der Waals surface area contributed by atoms with E-state index in [9.17, 15) is 17.2 Å². The highest BCUT2D eigenvalue weighted by Crippen LogP contribution is 2.34. The van der Waals surface area contributed by atoms with Crippen molar-refractivity contribution in [1.82, 2.24) is 24.7 Å². The SMILES string of the molecule is CCOc1cc(F)c(Cn2nc(-c3nc4c(c(Nc5ccnc(S(C)(=O)=O)c5)n3)CCC4)c3ccccc32)c(F)c1. The van der Waals surface area contributed by atoms with Gasteiger partial charge in [0.2, 0.25) is 0 Å². The van der Waals surface area contributed by atoms with Gasteiger partial charge in [0.1, 0.15) is 28.9 Å². The van der Waals surface area contributed by atoms with E-state index in [1.165, 1.54) is 29.1 Å². The summed E-state index contributed by atoms with van der Waals surface area (Å²) in [6, 6.07) is 12.8. The monoisotopic (exact) mass is 576 g/mol. The number of aromatic nitrogens is 5. The van der Waals surface area contributed by atoms with E-state index in [0.717, 1.165) is 42.2 Å². The lowest BCUT2D eigenvalue weighted by molar-refractivity contribution is 0.335. The first-order valence-corrected chi connectivity index (χ1v) is 15.0. The van der Waals surface area contributed by atoms with E-state index >= 15 is 0 Å². The highest BCUT2D eigenvalue weighted by Gasteiger charge is 2.24. The summed E-state index contributed by atoms with van der Waals surface area (Å²) in [6.07, 6.45) is 4.96. The van der Waals surface area contributed by atoms with E-state index in [2.05, 4.69) is 10.3 Å². The van der Waals surface area contributed by atoms with Crippen molar-refractivity contribution in [2.75, 3.05) is 18.2 Å². The van der Waals surface area contributed by atoms with E-state index in [1.807, 2.05) is 24.3 Å². The molecule has 3 heterocycles. The number of benzene rings is 2. The molecule has 2 aromatic carbocycles. The normalized spacial score (nSPS) is 13.0. The van der Waals surface area contributed by atoms with Gasteiger partial charge in [-0.05, 0) is 44.4 Å². The van der Waals surface area contributed by atoms with Crippen molar-refractivity contribution in [3.8, 4) is 17.3 Å². The predicted molar refractivity (Wildman–Crippen MR) is 150 cm³/mol. The summed E-state index contributed by atoms with van der Waals surface area (Å²) in [7, 11) is -3.50. The molecule has 0 saturated carbocycles. The number of fused-ring (bicyclic) bond motifs is 2. The minimum Gasteiger partial charge on any atom is -0.494 e. The van der Waals surface area contributed by atoms with Crippen LogP contribution in [0.1, 0.15) is 30.2 Å². The van der Waals surface area contributed by atoms with Gasteiger partial charge < -0.3 is 10.1 Å². The predicted octanol–water partition coefficient (Wildman–Crippen LogP) is 5.25. The van der Waals surface area contributed by atoms with Crippen LogP contribution in [0.4, 0.5) is 20.3 Å². The van der Waals surface area contributed by atoms with Crippen LogP contribution in [-0.4, -0.2) is 46.0 Å². The van der Waals surface area contributed by atoms with Crippen molar-refractivity contribution in [3.63, 3.8) is 0 Å². The number of sulfone groups is 1. The van der Waals surface area contributed by atoms with Crippen LogP contribution in [-0.2, 0) is 29.2 Å². The highest BCUT2D eigenvalue weighted by molar-refractivity contribution is 7.90. The van der Waals surface area contributed by atoms with Gasteiger partial charge in [0.15, 0.2) is 20.7 Å². The van der Waals surface area contributed by atoms with E-state index in [-0.39, 0.29) is 22.9 Å². The van der Waals surface area contributed by atoms with E-state index in [0.29, 0.717) is 35.1 Å². The molecular formula is C29H26F2N6O3S. The lowest BCUT2D eigenvalue weighted by Crippen LogP contribution is -2.08. The number of hydrogen-bond donors (Lipinski definition) is 1. The molecule has 0 aliphatic heterocycles. The topological polar surface area (TPSA) is 112 Å². The molecule has 12 heteroatoms. The molecule has 0 saturated heterocycles. The van der Waals surface area contributed by atoms with Gasteiger partial charge in [-0.2, -0.15) is 5.10 Å². The Morgan fingerprint density at radius 2 is 1.83 bits per heavy atom. The molecule has 5 aromatic rings. The van der Waals surface area contributed by atoms with Crippen LogP contribution in [0.2, 0.25) is 0 Å². The molecule has 0 spiro atoms. The second-order valence-electron chi connectivity index (χ2n) is 9.78. The first-order chi connectivity index (χ1) is 19.7. The second kappa shape index (κ2) is 10.5. The zero-order chi connectivity index (χ0) is 28.7. The van der Waals surface area contributed by atoms with Crippen LogP contribution in [0.15, 0.2) is 59.8 Å². The van der Waals surface area contributed by atoms with Gasteiger partial charge in [-0.15, -0.1) is 0 Å². The average molecular weight is 577 g/mol. The Bertz CT molecular complexity index is 1890. The average Bonchev–Trinajstić information content (AvgIpc) is 3.56. The standard InChI is InChI=1S/C29H26F2N6O3S/c1-3-40-18-14-22(30)21(23(31)15-18)16-37-25-10-5-4-7-20(25)27(36-37)29-34-24-9-6-8-19(24)28(35-29)33-17-11-12-32-26(13-17)41(2,38)39/h4-5,7,10-15H,3,6,8-9,16H2,1-2H3,(H,32,33,34,35). The lowest BCUT2D eigenvalue weighted by Gasteiger charge is -2.12. The van der Waals surface area contributed by atoms with Crippen molar-refractivity contribution < 1.29 is 21.9 Å². The lowest BCUT2D eigenvalue weighted by atomic mass is 10.1. The number of anilines is 2. The Kier molecular flexibility index (Phi) is 6.86. The Morgan fingerprint density at radius 3 is 2.59 bits per heavy atom. The minimum absolute atomic E-state index is 0.0492. The quantitative estimate of drug-likeness (QED) is 0.267. The molecule has 0 unspecified atom stereocenters. The molecule has 6 rings (SSSR count). The summed E-state index contributed by atoms with van der Waals surface area (Å²) in [5.74, 6) is -0.411. The van der Waals surface area contributed by atoms with E-state index < -0.39 is 21.5 Å². The molecule has 0 radical (unpaired) electrons. The maximum atomic E-state index is 14.9. The largest absolute Gasteiger partial charge is 0.494 e. The zero-order valence-electron chi connectivity index (χ0n) is 22.4. The molecule has 0 fully saturated rings. The molecule has 3 aromatic heterocycles. The van der Waals surface area contributed by atoms with Crippen molar-refractivity contribution in [2.45, 2.75) is 37.8 Å². The summed E-state index contributed by atoms with van der Waals surface area (Å²) in [5, 5.41) is 8.66. The fraction of sp³-hybridized carbons (Fsp3) is 0.241. The number of rotatable bonds is 8. The van der Waals surface area contributed by atoms with Crippen LogP contribution < -0.4 is 10.1 Å². The molecular weight excluding hydrogens is 550 g/mol. The van der Waals surface area contributed by atoms with Gasteiger partial charge in [0.05, 0.1) is 18.7 Å². The summed E-state index contributed by atoms with van der Waals surface area (Å²) in [6.45, 7) is 1.89. The van der Waals surface area contributed by atoms with Crippen molar-refractivity contribution >= 4 is 32.2 Å². The number of hydrogen-bond acceptors (Lipinski definition) is 8. The van der Waals surface area contributed by atoms with Crippen molar-refractivity contribution in [1.29, 1.82) is 0 Å². The Morgan fingerprint density at radius 1 is 1.05 bits per heavy atom. The van der Waals surface area contributed by atoms with Crippen LogP contribution in [0.5, 0.6) is 5.75 Å². The third-order valence-electron chi connectivity index (χ3n) is 6.91. The van der Waals surface area contributed by atoms with Gasteiger partial charge >= 0.3 is 0 Å². The summed E-state index contributed by atoms with van der Waals surface area (Å²) < 4.78 is 60.7. The van der Waals surface area contributed by atoms with Crippen LogP contribution in [0.3, 0.4) is 0 Å². The van der Waals surface area contributed by atoms with Crippen LogP contribution >= 0.6 is 0 Å². The maximum Gasteiger partial charge on any atom is 0.192 e. The van der Waals surface area contributed by atoms with Crippen LogP contribution in [0, 0.1) is 11.6 Å². The van der Waals surface area contributed by atoms with Crippen molar-refractivity contribution in [2.24, 2.45) is 0 Å². The van der Waals surface area contributed by atoms with Gasteiger partial charge in [-0.25, -0.2) is 32.2 Å². The molecule has 210 valence electrons. The molecule has 9 nitrogen and oxygen atoms in total. The molecule has 1 aliphatic rings. The third-order valence-corrected chi connectivity index (χ3v) is 7.90. The summed E-state index contributed by atoms with van der Waals surface area (Å²) in [4.78, 5) is 13.6. The smallest absolute Gasteiger partial charge is 0.192 e. The van der Waals surface area contributed by atoms with Gasteiger partial charge in [-0.1, -0.05) is 18.2 Å². The molecule has 0 atom stereocenters. The Balaban J connectivity index is 1.42. The zero-order valence-corrected chi connectivity index (χ0v) is 23.2. The molecule has 0 amide bonds. The van der Waals surface area contributed by atoms with Gasteiger partial charge in [0.25, 0.3) is 0 Å². The van der Waals surface area contributed by atoms with E-state index in [1.54, 1.807) is 13.0 Å². The van der Waals surface area contributed by atoms with Crippen LogP contribution in [0.25, 0.3) is 22.4 Å². The number of pyridine rings is 1. The number of nitrogens with zero attached hydrogens (tertiary/aromatic N) is 5. The van der Waals surface area contributed by atoms with Gasteiger partial charge in [-0.3, -0.25) is 4.68 Å². The number of para-hydroxylation sites is 1. The third kappa shape index (κ3) is 5.22. The summed E-state index contributed by atoms with van der Waals surface area (Å²) >= 11 is 0. The first-order valence-electron chi connectivity index (χ1n) is 13.1. The molecule has 1 N–H and O–H groups in total. The second-order valence-corrected chi connectivity index (χ2v) is 11.7. The maximum absolute atomic E-state index is 14.9. The molecule has 41 heavy (non-hydrogen) atoms. The van der Waals surface area contributed by atoms with Gasteiger partial charge in [0, 0.05) is 52.5 Å². The molecule has 1 aliphatic carbocycles. The highest BCUT2D eigenvalue weighted by atomic mass is 32.2. The number of nitrogens with one attached hydrogen (secondary N) is 1.